The summed E-state index contributed by atoms with van der Waals surface area (Å²) in [6.07, 6.45) is 3.30. The van der Waals surface area contributed by atoms with Crippen molar-refractivity contribution in [2.75, 3.05) is 24.3 Å². The lowest BCUT2D eigenvalue weighted by Gasteiger charge is -2.15. The highest BCUT2D eigenvalue weighted by molar-refractivity contribution is 6.76. The van der Waals surface area contributed by atoms with Crippen molar-refractivity contribution in [1.29, 1.82) is 0 Å². The van der Waals surface area contributed by atoms with Crippen molar-refractivity contribution in [1.82, 2.24) is 30.0 Å². The number of aromatic nitrogens is 5. The van der Waals surface area contributed by atoms with Crippen molar-refractivity contribution in [3.05, 3.63) is 65.4 Å². The Kier molecular flexibility index (Phi) is 8.36. The third-order valence-electron chi connectivity index (χ3n) is 5.88. The minimum Gasteiger partial charge on any atom is -0.360 e. The lowest BCUT2D eigenvalue weighted by atomic mass is 10.1. The van der Waals surface area contributed by atoms with E-state index in [0.717, 1.165) is 17.1 Å². The van der Waals surface area contributed by atoms with Gasteiger partial charge in [-0.25, -0.2) is 19.6 Å². The highest BCUT2D eigenvalue weighted by Gasteiger charge is 2.17. The largest absolute Gasteiger partial charge is 0.360 e. The molecular formula is C27H34N8O3Si. The standard InChI is InChI=1S/C27H34N8O3Si/c1-17-11-25(31-18(2)30-17)33-24-13-23(21(14-29-24)27(37)28-3)32-26(36)19-7-8-20-15-35(34-22(20)12-19)16-38-9-10-39(4,5)6/h7-8,11-15H,9-10,16H2,1-6H3,(H,28,37)(H2,29,30,31,32,33,36). The third-order valence-corrected chi connectivity index (χ3v) is 7.59. The van der Waals surface area contributed by atoms with Crippen molar-refractivity contribution in [3.8, 4) is 0 Å². The zero-order valence-corrected chi connectivity index (χ0v) is 24.1. The van der Waals surface area contributed by atoms with Crippen LogP contribution in [0.1, 0.15) is 32.2 Å². The maximum absolute atomic E-state index is 13.2. The molecule has 0 bridgehead atoms. The SMILES string of the molecule is CNC(=O)c1cnc(Nc2cc(C)nc(C)n2)cc1NC(=O)c1ccc2cn(COCC[Si](C)(C)C)nc2c1. The lowest BCUT2D eigenvalue weighted by molar-refractivity contribution is 0.0791. The number of aryl methyl sites for hydroxylation is 2. The van der Waals surface area contributed by atoms with Crippen LogP contribution in [0.5, 0.6) is 0 Å². The van der Waals surface area contributed by atoms with E-state index in [-0.39, 0.29) is 17.4 Å². The number of amides is 2. The second-order valence-electron chi connectivity index (χ2n) is 10.5. The van der Waals surface area contributed by atoms with E-state index in [4.69, 9.17) is 4.74 Å². The molecule has 4 aromatic rings. The monoisotopic (exact) mass is 546 g/mol. The first-order valence-electron chi connectivity index (χ1n) is 12.7. The summed E-state index contributed by atoms with van der Waals surface area (Å²) in [4.78, 5) is 38.7. The summed E-state index contributed by atoms with van der Waals surface area (Å²) in [5, 5.41) is 14.0. The van der Waals surface area contributed by atoms with Crippen LogP contribution in [0.25, 0.3) is 10.9 Å². The summed E-state index contributed by atoms with van der Waals surface area (Å²) in [6.45, 7) is 11.7. The van der Waals surface area contributed by atoms with Crippen molar-refractivity contribution < 1.29 is 14.3 Å². The third kappa shape index (κ3) is 7.45. The molecule has 0 atom stereocenters. The maximum atomic E-state index is 13.2. The molecule has 4 rings (SSSR count). The van der Waals surface area contributed by atoms with Gasteiger partial charge >= 0.3 is 0 Å². The Bertz CT molecular complexity index is 1490. The molecule has 1 aromatic carbocycles. The smallest absolute Gasteiger partial charge is 0.255 e. The van der Waals surface area contributed by atoms with E-state index in [1.54, 1.807) is 35.9 Å². The van der Waals surface area contributed by atoms with Crippen LogP contribution < -0.4 is 16.0 Å². The summed E-state index contributed by atoms with van der Waals surface area (Å²) in [5.41, 5.74) is 2.42. The first kappa shape index (κ1) is 27.9. The number of nitrogens with one attached hydrogen (secondary N) is 3. The van der Waals surface area contributed by atoms with E-state index in [9.17, 15) is 9.59 Å². The number of hydrogen-bond acceptors (Lipinski definition) is 8. The van der Waals surface area contributed by atoms with Crippen LogP contribution in [-0.4, -0.2) is 58.3 Å². The van der Waals surface area contributed by atoms with Crippen LogP contribution in [0.4, 0.5) is 17.3 Å². The van der Waals surface area contributed by atoms with Gasteiger partial charge in [-0.1, -0.05) is 25.7 Å². The van der Waals surface area contributed by atoms with Gasteiger partial charge in [-0.15, -0.1) is 0 Å². The minimum absolute atomic E-state index is 0.229. The number of fused-ring (bicyclic) bond motifs is 1. The Labute approximate surface area is 228 Å². The number of ether oxygens (including phenoxy) is 1. The molecule has 3 aromatic heterocycles. The summed E-state index contributed by atoms with van der Waals surface area (Å²) in [6, 6.07) is 9.75. The van der Waals surface area contributed by atoms with Crippen LogP contribution >= 0.6 is 0 Å². The number of anilines is 3. The molecule has 3 N–H and O–H groups in total. The molecule has 0 unspecified atom stereocenters. The predicted molar refractivity (Wildman–Crippen MR) is 154 cm³/mol. The highest BCUT2D eigenvalue weighted by atomic mass is 28.3. The number of benzene rings is 1. The second-order valence-corrected chi connectivity index (χ2v) is 16.1. The molecule has 0 saturated carbocycles. The summed E-state index contributed by atoms with van der Waals surface area (Å²) < 4.78 is 7.53. The number of nitrogens with zero attached hydrogens (tertiary/aromatic N) is 5. The van der Waals surface area contributed by atoms with Crippen molar-refractivity contribution in [2.45, 2.75) is 46.3 Å². The van der Waals surface area contributed by atoms with Gasteiger partial charge in [-0.3, -0.25) is 9.59 Å². The Morgan fingerprint density at radius 3 is 2.54 bits per heavy atom. The average Bonchev–Trinajstić information content (AvgIpc) is 3.27. The molecule has 0 fully saturated rings. The lowest BCUT2D eigenvalue weighted by Crippen LogP contribution is -2.22. The Morgan fingerprint density at radius 1 is 1.03 bits per heavy atom. The Hall–Kier alpha value is -4.16. The Morgan fingerprint density at radius 2 is 1.82 bits per heavy atom. The van der Waals surface area contributed by atoms with Crippen molar-refractivity contribution in [3.63, 3.8) is 0 Å². The first-order chi connectivity index (χ1) is 18.5. The second kappa shape index (κ2) is 11.7. The van der Waals surface area contributed by atoms with Gasteiger partial charge < -0.3 is 20.7 Å². The molecule has 0 radical (unpaired) electrons. The number of rotatable bonds is 10. The predicted octanol–water partition coefficient (Wildman–Crippen LogP) is 4.51. The maximum Gasteiger partial charge on any atom is 0.255 e. The van der Waals surface area contributed by atoms with E-state index in [2.05, 4.69) is 55.6 Å². The fourth-order valence-corrected chi connectivity index (χ4v) is 4.62. The van der Waals surface area contributed by atoms with Gasteiger partial charge in [0.1, 0.15) is 24.2 Å². The molecular weight excluding hydrogens is 512 g/mol. The normalized spacial score (nSPS) is 11.4. The van der Waals surface area contributed by atoms with Crippen molar-refractivity contribution in [2.24, 2.45) is 0 Å². The molecule has 0 aliphatic rings. The van der Waals surface area contributed by atoms with Crippen LogP contribution in [0, 0.1) is 13.8 Å². The molecule has 11 nitrogen and oxygen atoms in total. The van der Waals surface area contributed by atoms with Gasteiger partial charge in [0.25, 0.3) is 11.8 Å². The molecule has 12 heteroatoms. The van der Waals surface area contributed by atoms with Crippen LogP contribution in [0.15, 0.2) is 42.7 Å². The zero-order chi connectivity index (χ0) is 28.2. The van der Waals surface area contributed by atoms with Gasteiger partial charge in [0, 0.05) is 62.9 Å². The summed E-state index contributed by atoms with van der Waals surface area (Å²) >= 11 is 0. The van der Waals surface area contributed by atoms with Crippen LogP contribution in [0.3, 0.4) is 0 Å². The summed E-state index contributed by atoms with van der Waals surface area (Å²) in [7, 11) is 0.360. The number of carbonyl (C=O) groups excluding carboxylic acids is 2. The molecule has 204 valence electrons. The molecule has 0 spiro atoms. The van der Waals surface area contributed by atoms with E-state index in [0.29, 0.717) is 47.6 Å². The van der Waals surface area contributed by atoms with Crippen molar-refractivity contribution >= 4 is 48.1 Å². The molecule has 0 saturated heterocycles. The number of hydrogen-bond donors (Lipinski definition) is 3. The fraction of sp³-hybridized carbons (Fsp3) is 0.333. The van der Waals surface area contributed by atoms with E-state index < -0.39 is 8.07 Å². The van der Waals surface area contributed by atoms with E-state index in [1.807, 2.05) is 19.2 Å². The molecule has 3 heterocycles. The molecule has 2 amide bonds. The highest BCUT2D eigenvalue weighted by Crippen LogP contribution is 2.23. The van der Waals surface area contributed by atoms with Gasteiger partial charge in [-0.2, -0.15) is 5.10 Å². The average molecular weight is 547 g/mol. The molecule has 0 aliphatic carbocycles. The first-order valence-corrected chi connectivity index (χ1v) is 16.4. The molecule has 0 aliphatic heterocycles. The van der Waals surface area contributed by atoms with Gasteiger partial charge in [0.05, 0.1) is 16.8 Å². The van der Waals surface area contributed by atoms with Gasteiger partial charge in [0.2, 0.25) is 0 Å². The van der Waals surface area contributed by atoms with E-state index >= 15 is 0 Å². The minimum atomic E-state index is -1.16. The van der Waals surface area contributed by atoms with E-state index in [1.165, 1.54) is 13.2 Å². The topological polar surface area (TPSA) is 136 Å². The summed E-state index contributed by atoms with van der Waals surface area (Å²) in [5.74, 6) is 0.834. The number of pyridine rings is 1. The Balaban J connectivity index is 1.52. The fourth-order valence-electron chi connectivity index (χ4n) is 3.86. The van der Waals surface area contributed by atoms with Gasteiger partial charge in [-0.05, 0) is 32.0 Å². The zero-order valence-electron chi connectivity index (χ0n) is 23.1. The van der Waals surface area contributed by atoms with Crippen LogP contribution in [-0.2, 0) is 11.5 Å². The van der Waals surface area contributed by atoms with Gasteiger partial charge in [0.15, 0.2) is 0 Å². The quantitative estimate of drug-likeness (QED) is 0.195. The van der Waals surface area contributed by atoms with Crippen LogP contribution in [0.2, 0.25) is 25.7 Å². The number of carbonyl (C=O) groups is 2. The molecule has 39 heavy (non-hydrogen) atoms.